The Labute approximate surface area is 96.7 Å². The van der Waals surface area contributed by atoms with Gasteiger partial charge in [-0.05, 0) is 12.1 Å². The minimum atomic E-state index is -0.391. The van der Waals surface area contributed by atoms with Gasteiger partial charge in [-0.25, -0.2) is 0 Å². The highest BCUT2D eigenvalue weighted by Gasteiger charge is 2.07. The molecule has 5 heteroatoms. The molecule has 82 valence electrons. The zero-order chi connectivity index (χ0) is 11.5. The van der Waals surface area contributed by atoms with Crippen molar-refractivity contribution in [3.8, 4) is 11.4 Å². The van der Waals surface area contributed by atoms with Crippen molar-refractivity contribution in [2.45, 2.75) is 5.88 Å². The Morgan fingerprint density at radius 1 is 1.31 bits per heavy atom. The van der Waals surface area contributed by atoms with Crippen molar-refractivity contribution in [3.05, 3.63) is 52.4 Å². The van der Waals surface area contributed by atoms with Gasteiger partial charge in [-0.1, -0.05) is 18.2 Å². The second kappa shape index (κ2) is 4.37. The first-order valence-corrected chi connectivity index (χ1v) is 5.19. The Morgan fingerprint density at radius 2 is 2.00 bits per heavy atom. The second-order valence-electron chi connectivity index (χ2n) is 3.20. The van der Waals surface area contributed by atoms with Crippen molar-refractivity contribution in [1.29, 1.82) is 0 Å². The van der Waals surface area contributed by atoms with Crippen LogP contribution in [0.2, 0.25) is 0 Å². The van der Waals surface area contributed by atoms with E-state index in [0.717, 1.165) is 6.07 Å². The topological polar surface area (TPSA) is 55.1 Å². The summed E-state index contributed by atoms with van der Waals surface area (Å²) in [7, 11) is 0. The van der Waals surface area contributed by atoms with E-state index in [4.69, 9.17) is 11.6 Å². The van der Waals surface area contributed by atoms with Crippen molar-refractivity contribution in [1.82, 2.24) is 9.78 Å². The number of hydrogen-bond acceptors (Lipinski definition) is 3. The van der Waals surface area contributed by atoms with Crippen LogP contribution in [0.25, 0.3) is 5.69 Å². The van der Waals surface area contributed by atoms with Crippen molar-refractivity contribution in [2.24, 2.45) is 0 Å². The minimum absolute atomic E-state index is 0.0545. The van der Waals surface area contributed by atoms with Crippen molar-refractivity contribution in [3.63, 3.8) is 0 Å². The molecule has 0 saturated heterocycles. The van der Waals surface area contributed by atoms with E-state index < -0.39 is 5.56 Å². The Hall–Kier alpha value is -1.81. The molecule has 4 nitrogen and oxygen atoms in total. The van der Waals surface area contributed by atoms with E-state index in [1.165, 1.54) is 4.68 Å². The first kappa shape index (κ1) is 10.7. The standard InChI is InChI=1S/C11H9ClN2O2/c12-7-9-10(15)6-11(16)14(13-9)8-4-2-1-3-5-8/h1-6,15H,7H2. The fourth-order valence-corrected chi connectivity index (χ4v) is 1.52. The molecule has 0 aliphatic rings. The number of benzene rings is 1. The number of nitrogens with zero attached hydrogens (tertiary/aromatic N) is 2. The number of halogens is 1. The van der Waals surface area contributed by atoms with Gasteiger partial charge in [0.1, 0.15) is 11.4 Å². The lowest BCUT2D eigenvalue weighted by Crippen LogP contribution is -2.21. The zero-order valence-corrected chi connectivity index (χ0v) is 9.05. The van der Waals surface area contributed by atoms with Crippen LogP contribution < -0.4 is 5.56 Å². The Morgan fingerprint density at radius 3 is 2.62 bits per heavy atom. The predicted molar refractivity (Wildman–Crippen MR) is 61.1 cm³/mol. The number of aromatic nitrogens is 2. The number of aromatic hydroxyl groups is 1. The minimum Gasteiger partial charge on any atom is -0.506 e. The lowest BCUT2D eigenvalue weighted by Gasteiger charge is -2.06. The molecule has 0 atom stereocenters. The molecule has 0 bridgehead atoms. The molecular formula is C11H9ClN2O2. The van der Waals surface area contributed by atoms with Gasteiger partial charge in [0, 0.05) is 6.07 Å². The van der Waals surface area contributed by atoms with E-state index in [0.29, 0.717) is 5.69 Å². The third-order valence-corrected chi connectivity index (χ3v) is 2.37. The van der Waals surface area contributed by atoms with Crippen LogP contribution in [0.15, 0.2) is 41.2 Å². The molecule has 0 spiro atoms. The van der Waals surface area contributed by atoms with Gasteiger partial charge in [-0.3, -0.25) is 4.79 Å². The molecule has 0 saturated carbocycles. The molecule has 0 radical (unpaired) electrons. The Bertz CT molecular complexity index is 552. The van der Waals surface area contributed by atoms with Crippen molar-refractivity contribution >= 4 is 11.6 Å². The van der Waals surface area contributed by atoms with E-state index in [1.807, 2.05) is 6.07 Å². The summed E-state index contributed by atoms with van der Waals surface area (Å²) in [6, 6.07) is 10.1. The summed E-state index contributed by atoms with van der Waals surface area (Å²) in [4.78, 5) is 11.6. The summed E-state index contributed by atoms with van der Waals surface area (Å²) in [6.07, 6.45) is 0. The van der Waals surface area contributed by atoms with Gasteiger partial charge < -0.3 is 5.11 Å². The van der Waals surface area contributed by atoms with Crippen LogP contribution in [-0.4, -0.2) is 14.9 Å². The molecule has 0 aliphatic carbocycles. The molecule has 1 N–H and O–H groups in total. The average molecular weight is 237 g/mol. The Kier molecular flexibility index (Phi) is 2.92. The molecule has 1 aromatic heterocycles. The van der Waals surface area contributed by atoms with E-state index in [1.54, 1.807) is 24.3 Å². The maximum Gasteiger partial charge on any atom is 0.275 e. The van der Waals surface area contributed by atoms with Crippen LogP contribution in [0.1, 0.15) is 5.69 Å². The van der Waals surface area contributed by atoms with Gasteiger partial charge in [0.25, 0.3) is 5.56 Å². The van der Waals surface area contributed by atoms with Crippen LogP contribution in [0, 0.1) is 0 Å². The zero-order valence-electron chi connectivity index (χ0n) is 8.30. The highest BCUT2D eigenvalue weighted by atomic mass is 35.5. The lowest BCUT2D eigenvalue weighted by atomic mass is 10.3. The quantitative estimate of drug-likeness (QED) is 0.808. The van der Waals surface area contributed by atoms with Crippen LogP contribution in [0.4, 0.5) is 0 Å². The summed E-state index contributed by atoms with van der Waals surface area (Å²) in [6.45, 7) is 0. The first-order valence-electron chi connectivity index (χ1n) is 4.66. The first-order chi connectivity index (χ1) is 7.72. The van der Waals surface area contributed by atoms with Gasteiger partial charge >= 0.3 is 0 Å². The lowest BCUT2D eigenvalue weighted by molar-refractivity contribution is 0.460. The third kappa shape index (κ3) is 1.92. The fourth-order valence-electron chi connectivity index (χ4n) is 1.33. The monoisotopic (exact) mass is 236 g/mol. The maximum atomic E-state index is 11.6. The van der Waals surface area contributed by atoms with E-state index in [9.17, 15) is 9.90 Å². The van der Waals surface area contributed by atoms with Crippen molar-refractivity contribution in [2.75, 3.05) is 0 Å². The number of para-hydroxylation sites is 1. The molecular weight excluding hydrogens is 228 g/mol. The summed E-state index contributed by atoms with van der Waals surface area (Å²) in [5.41, 5.74) is 0.529. The second-order valence-corrected chi connectivity index (χ2v) is 3.46. The largest absolute Gasteiger partial charge is 0.506 e. The third-order valence-electron chi connectivity index (χ3n) is 2.11. The molecule has 0 fully saturated rings. The molecule has 0 aliphatic heterocycles. The molecule has 2 rings (SSSR count). The average Bonchev–Trinajstić information content (AvgIpc) is 2.30. The molecule has 2 aromatic rings. The summed E-state index contributed by atoms with van der Waals surface area (Å²) in [5.74, 6) is -0.119. The van der Waals surface area contributed by atoms with Crippen molar-refractivity contribution < 1.29 is 5.11 Å². The van der Waals surface area contributed by atoms with Crippen LogP contribution >= 0.6 is 11.6 Å². The smallest absolute Gasteiger partial charge is 0.275 e. The fraction of sp³-hybridized carbons (Fsp3) is 0.0909. The molecule has 0 unspecified atom stereocenters. The Balaban J connectivity index is 2.62. The molecule has 1 aromatic carbocycles. The predicted octanol–water partition coefficient (Wildman–Crippen LogP) is 1.68. The SMILES string of the molecule is O=c1cc(O)c(CCl)nn1-c1ccccc1. The van der Waals surface area contributed by atoms with E-state index in [2.05, 4.69) is 5.10 Å². The number of rotatable bonds is 2. The summed E-state index contributed by atoms with van der Waals surface area (Å²) < 4.78 is 1.21. The van der Waals surface area contributed by atoms with Crippen LogP contribution in [-0.2, 0) is 5.88 Å². The summed E-state index contributed by atoms with van der Waals surface area (Å²) >= 11 is 5.61. The van der Waals surface area contributed by atoms with Crippen LogP contribution in [0.5, 0.6) is 5.75 Å². The van der Waals surface area contributed by atoms with Gasteiger partial charge in [-0.2, -0.15) is 9.78 Å². The van der Waals surface area contributed by atoms with Gasteiger partial charge in [0.15, 0.2) is 0 Å². The maximum absolute atomic E-state index is 11.6. The highest BCUT2D eigenvalue weighted by molar-refractivity contribution is 6.17. The van der Waals surface area contributed by atoms with E-state index in [-0.39, 0.29) is 17.3 Å². The van der Waals surface area contributed by atoms with Gasteiger partial charge in [-0.15, -0.1) is 11.6 Å². The van der Waals surface area contributed by atoms with Gasteiger partial charge in [0.05, 0.1) is 11.6 Å². The van der Waals surface area contributed by atoms with E-state index >= 15 is 0 Å². The number of hydrogen-bond donors (Lipinski definition) is 1. The molecule has 16 heavy (non-hydrogen) atoms. The molecule has 0 amide bonds. The summed E-state index contributed by atoms with van der Waals surface area (Å²) in [5, 5.41) is 13.4. The normalized spacial score (nSPS) is 10.3. The number of alkyl halides is 1. The van der Waals surface area contributed by atoms with Gasteiger partial charge in [0.2, 0.25) is 0 Å². The highest BCUT2D eigenvalue weighted by Crippen LogP contribution is 2.14. The van der Waals surface area contributed by atoms with Crippen LogP contribution in [0.3, 0.4) is 0 Å². The molecule has 1 heterocycles.